The predicted octanol–water partition coefficient (Wildman–Crippen LogP) is 5.45. The molecule has 2 aliphatic rings. The van der Waals surface area contributed by atoms with E-state index in [-0.39, 0.29) is 12.1 Å². The molecule has 2 atom stereocenters. The Morgan fingerprint density at radius 2 is 1.97 bits per heavy atom. The van der Waals surface area contributed by atoms with Crippen molar-refractivity contribution >= 4 is 17.3 Å². The molecule has 1 aliphatic carbocycles. The molecule has 2 unspecified atom stereocenters. The van der Waals surface area contributed by atoms with Crippen LogP contribution in [-0.4, -0.2) is 25.6 Å². The van der Waals surface area contributed by atoms with E-state index in [4.69, 9.17) is 21.6 Å². The zero-order chi connectivity index (χ0) is 21.4. The molecule has 3 aromatic heterocycles. The number of nitrogens with zero attached hydrogens (tertiary/aromatic N) is 3. The van der Waals surface area contributed by atoms with Gasteiger partial charge < -0.3 is 19.2 Å². The van der Waals surface area contributed by atoms with Crippen LogP contribution in [-0.2, 0) is 6.54 Å². The molecule has 31 heavy (non-hydrogen) atoms. The van der Waals surface area contributed by atoms with E-state index in [0.29, 0.717) is 6.04 Å². The highest BCUT2D eigenvalue weighted by Crippen LogP contribution is 2.44. The van der Waals surface area contributed by atoms with Gasteiger partial charge in [0.25, 0.3) is 0 Å². The quantitative estimate of drug-likeness (QED) is 0.541. The fourth-order valence-corrected chi connectivity index (χ4v) is 5.77. The van der Waals surface area contributed by atoms with Crippen molar-refractivity contribution in [2.45, 2.75) is 70.6 Å². The molecule has 6 heteroatoms. The van der Waals surface area contributed by atoms with Gasteiger partial charge in [-0.05, 0) is 74.8 Å². The average molecular weight is 435 g/mol. The fourth-order valence-electron chi connectivity index (χ4n) is 5.38. The van der Waals surface area contributed by atoms with E-state index in [9.17, 15) is 0 Å². The molecule has 1 aliphatic heterocycles. The van der Waals surface area contributed by atoms with Gasteiger partial charge in [-0.2, -0.15) is 0 Å². The monoisotopic (exact) mass is 434 g/mol. The third-order valence-corrected chi connectivity index (χ3v) is 7.26. The van der Waals surface area contributed by atoms with Crippen molar-refractivity contribution in [2.75, 3.05) is 0 Å². The van der Waals surface area contributed by atoms with Gasteiger partial charge in [0.05, 0.1) is 30.6 Å². The second-order valence-electron chi connectivity index (χ2n) is 8.82. The van der Waals surface area contributed by atoms with Gasteiger partial charge in [-0.3, -0.25) is 4.98 Å². The SMILES string of the molecule is Cc1cc(C2C(c3ccccn3)NC(=S)N2C2CCCCC2)c(C)n1Cc1ccco1. The van der Waals surface area contributed by atoms with Gasteiger partial charge in [0.15, 0.2) is 5.11 Å². The van der Waals surface area contributed by atoms with Crippen LogP contribution in [0.25, 0.3) is 0 Å². The number of furan rings is 1. The highest BCUT2D eigenvalue weighted by Gasteiger charge is 2.44. The number of nitrogens with one attached hydrogen (secondary N) is 1. The number of aryl methyl sites for hydroxylation is 1. The minimum absolute atomic E-state index is 0.0492. The maximum absolute atomic E-state index is 5.92. The van der Waals surface area contributed by atoms with E-state index in [1.165, 1.54) is 49.1 Å². The Hall–Kier alpha value is -2.60. The van der Waals surface area contributed by atoms with Crippen molar-refractivity contribution in [3.63, 3.8) is 0 Å². The third kappa shape index (κ3) is 3.78. The first-order chi connectivity index (χ1) is 15.1. The van der Waals surface area contributed by atoms with E-state index in [1.807, 2.05) is 24.4 Å². The van der Waals surface area contributed by atoms with Crippen molar-refractivity contribution < 1.29 is 4.42 Å². The largest absolute Gasteiger partial charge is 0.467 e. The molecular weight excluding hydrogens is 404 g/mol. The van der Waals surface area contributed by atoms with Crippen LogP contribution in [0, 0.1) is 13.8 Å². The minimum Gasteiger partial charge on any atom is -0.467 e. The van der Waals surface area contributed by atoms with Gasteiger partial charge in [-0.15, -0.1) is 0 Å². The maximum Gasteiger partial charge on any atom is 0.170 e. The van der Waals surface area contributed by atoms with E-state index < -0.39 is 0 Å². The molecule has 4 heterocycles. The summed E-state index contributed by atoms with van der Waals surface area (Å²) in [7, 11) is 0. The second kappa shape index (κ2) is 8.50. The smallest absolute Gasteiger partial charge is 0.170 e. The first-order valence-electron chi connectivity index (χ1n) is 11.3. The molecule has 0 bridgehead atoms. The molecule has 5 rings (SSSR count). The Labute approximate surface area is 189 Å². The highest BCUT2D eigenvalue weighted by molar-refractivity contribution is 7.80. The normalized spacial score (nSPS) is 22.1. The number of aromatic nitrogens is 2. The highest BCUT2D eigenvalue weighted by atomic mass is 32.1. The number of hydrogen-bond donors (Lipinski definition) is 1. The van der Waals surface area contributed by atoms with Gasteiger partial charge in [-0.1, -0.05) is 25.3 Å². The molecule has 162 valence electrons. The van der Waals surface area contributed by atoms with E-state index >= 15 is 0 Å². The van der Waals surface area contributed by atoms with Crippen LogP contribution in [0.5, 0.6) is 0 Å². The molecular formula is C25H30N4OS. The first kappa shape index (κ1) is 20.3. The van der Waals surface area contributed by atoms with Crippen LogP contribution in [0.4, 0.5) is 0 Å². The number of thiocarbonyl (C=S) groups is 1. The molecule has 0 amide bonds. The van der Waals surface area contributed by atoms with Crippen LogP contribution < -0.4 is 5.32 Å². The lowest BCUT2D eigenvalue weighted by Gasteiger charge is -2.37. The molecule has 2 fully saturated rings. The summed E-state index contributed by atoms with van der Waals surface area (Å²) in [6, 6.07) is 13.1. The number of hydrogen-bond acceptors (Lipinski definition) is 3. The Bertz CT molecular complexity index is 1040. The van der Waals surface area contributed by atoms with Crippen LogP contribution in [0.2, 0.25) is 0 Å². The summed E-state index contributed by atoms with van der Waals surface area (Å²) < 4.78 is 7.98. The van der Waals surface area contributed by atoms with E-state index in [0.717, 1.165) is 23.1 Å². The summed E-state index contributed by atoms with van der Waals surface area (Å²) in [6.07, 6.45) is 9.92. The molecule has 0 aromatic carbocycles. The molecule has 5 nitrogen and oxygen atoms in total. The lowest BCUT2D eigenvalue weighted by molar-refractivity contribution is 0.196. The summed E-state index contributed by atoms with van der Waals surface area (Å²) in [5.74, 6) is 0.971. The predicted molar refractivity (Wildman–Crippen MR) is 126 cm³/mol. The Morgan fingerprint density at radius 3 is 2.68 bits per heavy atom. The van der Waals surface area contributed by atoms with Crippen molar-refractivity contribution in [3.8, 4) is 0 Å². The summed E-state index contributed by atoms with van der Waals surface area (Å²) in [6.45, 7) is 5.15. The summed E-state index contributed by atoms with van der Waals surface area (Å²) >= 11 is 5.92. The summed E-state index contributed by atoms with van der Waals surface area (Å²) in [4.78, 5) is 7.19. The topological polar surface area (TPSA) is 46.2 Å². The van der Waals surface area contributed by atoms with Crippen molar-refractivity contribution in [3.05, 3.63) is 77.3 Å². The zero-order valence-electron chi connectivity index (χ0n) is 18.3. The van der Waals surface area contributed by atoms with E-state index in [1.54, 1.807) is 6.26 Å². The van der Waals surface area contributed by atoms with Crippen LogP contribution in [0.15, 0.2) is 53.3 Å². The van der Waals surface area contributed by atoms with E-state index in [2.05, 4.69) is 46.8 Å². The van der Waals surface area contributed by atoms with Gasteiger partial charge in [0.1, 0.15) is 5.76 Å². The molecule has 0 radical (unpaired) electrons. The molecule has 0 spiro atoms. The average Bonchev–Trinajstić information content (AvgIpc) is 3.50. The standard InChI is InChI=1S/C25H30N4OS/c1-17-15-21(18(2)28(17)16-20-11-8-14-30-20)24-23(22-12-6-7-13-26-22)27-25(31)29(24)19-9-4-3-5-10-19/h6-8,11-15,19,23-24H,3-5,9-10,16H2,1-2H3,(H,27,31). The van der Waals surface area contributed by atoms with Crippen molar-refractivity contribution in [1.29, 1.82) is 0 Å². The first-order valence-corrected chi connectivity index (χ1v) is 11.7. The van der Waals surface area contributed by atoms with Crippen LogP contribution in [0.3, 0.4) is 0 Å². The Morgan fingerprint density at radius 1 is 1.13 bits per heavy atom. The van der Waals surface area contributed by atoms with Gasteiger partial charge in [0, 0.05) is 23.6 Å². The van der Waals surface area contributed by atoms with Crippen LogP contribution >= 0.6 is 12.2 Å². The second-order valence-corrected chi connectivity index (χ2v) is 9.20. The lowest BCUT2D eigenvalue weighted by Crippen LogP contribution is -2.40. The third-order valence-electron chi connectivity index (χ3n) is 6.93. The molecule has 1 N–H and O–H groups in total. The lowest BCUT2D eigenvalue weighted by atomic mass is 9.90. The van der Waals surface area contributed by atoms with Gasteiger partial charge in [0.2, 0.25) is 0 Å². The van der Waals surface area contributed by atoms with Crippen LogP contribution in [0.1, 0.15) is 72.6 Å². The van der Waals surface area contributed by atoms with Crippen molar-refractivity contribution in [1.82, 2.24) is 19.8 Å². The molecule has 1 saturated heterocycles. The minimum atomic E-state index is 0.0492. The summed E-state index contributed by atoms with van der Waals surface area (Å²) in [5.41, 5.74) is 4.89. The fraction of sp³-hybridized carbons (Fsp3) is 0.440. The summed E-state index contributed by atoms with van der Waals surface area (Å²) in [5, 5.41) is 4.50. The zero-order valence-corrected chi connectivity index (χ0v) is 19.1. The Balaban J connectivity index is 1.57. The van der Waals surface area contributed by atoms with Crippen molar-refractivity contribution in [2.24, 2.45) is 0 Å². The molecule has 3 aromatic rings. The van der Waals surface area contributed by atoms with Gasteiger partial charge >= 0.3 is 0 Å². The number of pyridine rings is 1. The Kier molecular flexibility index (Phi) is 5.57. The molecule has 1 saturated carbocycles. The van der Waals surface area contributed by atoms with Gasteiger partial charge in [-0.25, -0.2) is 0 Å². The maximum atomic E-state index is 5.92. The number of rotatable bonds is 5.